The lowest BCUT2D eigenvalue weighted by molar-refractivity contribution is -0.114. The number of hydrogen-bond donors (Lipinski definition) is 0. The fourth-order valence-corrected chi connectivity index (χ4v) is 0.700. The third kappa shape index (κ3) is 5.54. The van der Waals surface area contributed by atoms with E-state index in [0.29, 0.717) is 12.3 Å². The second kappa shape index (κ2) is 5.21. The Bertz CT molecular complexity index is 123. The predicted octanol–water partition coefficient (Wildman–Crippen LogP) is 2.57. The first-order valence-corrected chi connectivity index (χ1v) is 3.82. The van der Waals surface area contributed by atoms with Crippen molar-refractivity contribution in [1.82, 2.24) is 0 Å². The van der Waals surface area contributed by atoms with Crippen LogP contribution in [0.2, 0.25) is 0 Å². The van der Waals surface area contributed by atoms with Crippen molar-refractivity contribution in [3.05, 3.63) is 12.2 Å². The smallest absolute Gasteiger partial charge is 0.155 e. The van der Waals surface area contributed by atoms with Crippen LogP contribution in [-0.4, -0.2) is 5.78 Å². The molecule has 10 heavy (non-hydrogen) atoms. The molecular weight excluding hydrogens is 124 g/mol. The molecular formula is C9H16O. The van der Waals surface area contributed by atoms with Gasteiger partial charge >= 0.3 is 0 Å². The van der Waals surface area contributed by atoms with E-state index in [4.69, 9.17) is 0 Å². The van der Waals surface area contributed by atoms with E-state index in [2.05, 4.69) is 13.8 Å². The molecule has 0 aromatic rings. The molecule has 0 unspecified atom stereocenters. The van der Waals surface area contributed by atoms with Gasteiger partial charge in [-0.25, -0.2) is 0 Å². The van der Waals surface area contributed by atoms with Gasteiger partial charge in [-0.1, -0.05) is 19.9 Å². The lowest BCUT2D eigenvalue weighted by Crippen LogP contribution is -1.95. The zero-order chi connectivity index (χ0) is 7.98. The molecule has 0 radical (unpaired) electrons. The first kappa shape index (κ1) is 9.41. The van der Waals surface area contributed by atoms with Crippen LogP contribution in [0.5, 0.6) is 0 Å². The van der Waals surface area contributed by atoms with Gasteiger partial charge in [0.1, 0.15) is 0 Å². The van der Waals surface area contributed by atoms with Crippen molar-refractivity contribution < 1.29 is 4.79 Å². The molecule has 58 valence electrons. The summed E-state index contributed by atoms with van der Waals surface area (Å²) in [5.74, 6) is 0.880. The number of ketones is 1. The summed E-state index contributed by atoms with van der Waals surface area (Å²) in [7, 11) is 0. The minimum absolute atomic E-state index is 0.246. The topological polar surface area (TPSA) is 17.1 Å². The Hall–Kier alpha value is -0.590. The van der Waals surface area contributed by atoms with Crippen LogP contribution in [0.4, 0.5) is 0 Å². The summed E-state index contributed by atoms with van der Waals surface area (Å²) in [6.07, 6.45) is 5.14. The van der Waals surface area contributed by atoms with Crippen LogP contribution in [0, 0.1) is 5.92 Å². The number of allylic oxidation sites excluding steroid dienone is 2. The normalized spacial score (nSPS) is 11.2. The van der Waals surface area contributed by atoms with Gasteiger partial charge in [0.15, 0.2) is 5.78 Å². The fourth-order valence-electron chi connectivity index (χ4n) is 0.700. The van der Waals surface area contributed by atoms with E-state index in [-0.39, 0.29) is 5.78 Å². The zero-order valence-electron chi connectivity index (χ0n) is 7.05. The molecule has 0 heterocycles. The standard InChI is InChI=1S/C9H16O/c1-4-5-9(10)7-6-8(2)3/h4-5,8H,6-7H2,1-3H3/b5-4+. The van der Waals surface area contributed by atoms with Gasteiger partial charge in [-0.3, -0.25) is 4.79 Å². The van der Waals surface area contributed by atoms with E-state index in [1.165, 1.54) is 0 Å². The third-order valence-electron chi connectivity index (χ3n) is 1.32. The summed E-state index contributed by atoms with van der Waals surface area (Å²) < 4.78 is 0. The number of rotatable bonds is 4. The Kier molecular flexibility index (Phi) is 4.91. The van der Waals surface area contributed by atoms with Crippen molar-refractivity contribution in [3.63, 3.8) is 0 Å². The summed E-state index contributed by atoms with van der Waals surface area (Å²) in [6.45, 7) is 6.12. The fraction of sp³-hybridized carbons (Fsp3) is 0.667. The number of hydrogen-bond acceptors (Lipinski definition) is 1. The molecule has 0 aromatic heterocycles. The molecule has 0 saturated carbocycles. The van der Waals surface area contributed by atoms with Crippen LogP contribution in [0.25, 0.3) is 0 Å². The largest absolute Gasteiger partial charge is 0.295 e. The molecule has 0 amide bonds. The third-order valence-corrected chi connectivity index (χ3v) is 1.32. The van der Waals surface area contributed by atoms with Crippen LogP contribution in [0.15, 0.2) is 12.2 Å². The minimum Gasteiger partial charge on any atom is -0.295 e. The van der Waals surface area contributed by atoms with Gasteiger partial charge in [0.25, 0.3) is 0 Å². The van der Waals surface area contributed by atoms with E-state index in [1.54, 1.807) is 12.2 Å². The summed E-state index contributed by atoms with van der Waals surface area (Å²) in [6, 6.07) is 0. The van der Waals surface area contributed by atoms with E-state index in [1.807, 2.05) is 6.92 Å². The first-order chi connectivity index (χ1) is 4.66. The van der Waals surface area contributed by atoms with Crippen molar-refractivity contribution in [2.45, 2.75) is 33.6 Å². The van der Waals surface area contributed by atoms with Gasteiger partial charge in [-0.15, -0.1) is 0 Å². The Balaban J connectivity index is 3.40. The number of carbonyl (C=O) groups excluding carboxylic acids is 1. The van der Waals surface area contributed by atoms with Gasteiger partial charge in [0.2, 0.25) is 0 Å². The maximum atomic E-state index is 10.9. The lowest BCUT2D eigenvalue weighted by Gasteiger charge is -1.99. The molecule has 0 aliphatic rings. The van der Waals surface area contributed by atoms with Crippen LogP contribution in [-0.2, 0) is 4.79 Å². The summed E-state index contributed by atoms with van der Waals surface area (Å²) in [5.41, 5.74) is 0. The van der Waals surface area contributed by atoms with Crippen LogP contribution >= 0.6 is 0 Å². The van der Waals surface area contributed by atoms with E-state index >= 15 is 0 Å². The average molecular weight is 140 g/mol. The Morgan fingerprint density at radius 1 is 1.50 bits per heavy atom. The highest BCUT2D eigenvalue weighted by molar-refractivity contribution is 5.89. The maximum absolute atomic E-state index is 10.9. The molecule has 0 bridgehead atoms. The van der Waals surface area contributed by atoms with Crippen LogP contribution in [0.1, 0.15) is 33.6 Å². The SMILES string of the molecule is C/C=C/C(=O)CCC(C)C. The summed E-state index contributed by atoms with van der Waals surface area (Å²) in [4.78, 5) is 10.9. The Morgan fingerprint density at radius 3 is 2.50 bits per heavy atom. The van der Waals surface area contributed by atoms with E-state index < -0.39 is 0 Å². The first-order valence-electron chi connectivity index (χ1n) is 3.82. The molecule has 1 heteroatoms. The highest BCUT2D eigenvalue weighted by Gasteiger charge is 1.97. The van der Waals surface area contributed by atoms with Crippen molar-refractivity contribution in [2.75, 3.05) is 0 Å². The van der Waals surface area contributed by atoms with Crippen LogP contribution < -0.4 is 0 Å². The van der Waals surface area contributed by atoms with Gasteiger partial charge in [-0.05, 0) is 25.3 Å². The van der Waals surface area contributed by atoms with Crippen molar-refractivity contribution in [1.29, 1.82) is 0 Å². The molecule has 0 fully saturated rings. The Labute approximate surface area is 63.1 Å². The van der Waals surface area contributed by atoms with Crippen LogP contribution in [0.3, 0.4) is 0 Å². The molecule has 0 rings (SSSR count). The monoisotopic (exact) mass is 140 g/mol. The molecule has 1 nitrogen and oxygen atoms in total. The summed E-state index contributed by atoms with van der Waals surface area (Å²) >= 11 is 0. The highest BCUT2D eigenvalue weighted by Crippen LogP contribution is 2.03. The zero-order valence-corrected chi connectivity index (χ0v) is 7.05. The highest BCUT2D eigenvalue weighted by atomic mass is 16.1. The second-order valence-corrected chi connectivity index (χ2v) is 2.90. The molecule has 0 spiro atoms. The minimum atomic E-state index is 0.246. The quantitative estimate of drug-likeness (QED) is 0.548. The van der Waals surface area contributed by atoms with Crippen molar-refractivity contribution >= 4 is 5.78 Å². The molecule has 0 aliphatic heterocycles. The van der Waals surface area contributed by atoms with E-state index in [9.17, 15) is 4.79 Å². The average Bonchev–Trinajstić information content (AvgIpc) is 1.85. The second-order valence-electron chi connectivity index (χ2n) is 2.90. The summed E-state index contributed by atoms with van der Waals surface area (Å²) in [5, 5.41) is 0. The molecule has 0 aromatic carbocycles. The molecule has 0 aliphatic carbocycles. The van der Waals surface area contributed by atoms with Gasteiger partial charge in [0.05, 0.1) is 0 Å². The Morgan fingerprint density at radius 2 is 2.10 bits per heavy atom. The lowest BCUT2D eigenvalue weighted by atomic mass is 10.1. The maximum Gasteiger partial charge on any atom is 0.155 e. The predicted molar refractivity (Wildman–Crippen MR) is 43.9 cm³/mol. The van der Waals surface area contributed by atoms with Gasteiger partial charge in [-0.2, -0.15) is 0 Å². The molecule has 0 atom stereocenters. The van der Waals surface area contributed by atoms with Gasteiger partial charge in [0, 0.05) is 6.42 Å². The van der Waals surface area contributed by atoms with E-state index in [0.717, 1.165) is 6.42 Å². The number of carbonyl (C=O) groups is 1. The molecule has 0 saturated heterocycles. The van der Waals surface area contributed by atoms with Crippen molar-refractivity contribution in [2.24, 2.45) is 5.92 Å². The van der Waals surface area contributed by atoms with Crippen molar-refractivity contribution in [3.8, 4) is 0 Å². The van der Waals surface area contributed by atoms with Gasteiger partial charge < -0.3 is 0 Å². The molecule has 0 N–H and O–H groups in total.